The number of pyridine rings is 1. The molecule has 0 aliphatic rings. The molecule has 0 aliphatic carbocycles. The summed E-state index contributed by atoms with van der Waals surface area (Å²) in [5, 5.41) is 0. The van der Waals surface area contributed by atoms with Crippen LogP contribution in [-0.2, 0) is 4.74 Å². The van der Waals surface area contributed by atoms with E-state index in [1.165, 1.54) is 0 Å². The predicted octanol–water partition coefficient (Wildman–Crippen LogP) is 2.29. The smallest absolute Gasteiger partial charge is 0.138 e. The van der Waals surface area contributed by atoms with Crippen LogP contribution in [-0.4, -0.2) is 23.8 Å². The van der Waals surface area contributed by atoms with E-state index >= 15 is 0 Å². The highest BCUT2D eigenvalue weighted by Gasteiger charge is 2.27. The van der Waals surface area contributed by atoms with Crippen molar-refractivity contribution in [1.29, 1.82) is 0 Å². The van der Waals surface area contributed by atoms with Crippen LogP contribution in [0.5, 0.6) is 5.75 Å². The lowest BCUT2D eigenvalue weighted by atomic mass is 9.93. The molecular weight excluding hydrogens is 216 g/mol. The molecule has 1 unspecified atom stereocenters. The van der Waals surface area contributed by atoms with Crippen molar-refractivity contribution in [3.05, 3.63) is 24.0 Å². The zero-order chi connectivity index (χ0) is 13.1. The van der Waals surface area contributed by atoms with Gasteiger partial charge in [-0.3, -0.25) is 4.98 Å². The second kappa shape index (κ2) is 5.47. The summed E-state index contributed by atoms with van der Waals surface area (Å²) in [4.78, 5) is 4.15. The number of aromatic nitrogens is 1. The standard InChI is InChI=1S/C13H22N2O2/c1-9(2)17-11-6-10(7-15-8-11)12(14)13(3,4)16-5/h6-9,12H,14H2,1-5H3. The Labute approximate surface area is 103 Å². The van der Waals surface area contributed by atoms with E-state index < -0.39 is 5.60 Å². The van der Waals surface area contributed by atoms with Gasteiger partial charge < -0.3 is 15.2 Å². The molecule has 0 bridgehead atoms. The Hall–Kier alpha value is -1.13. The van der Waals surface area contributed by atoms with Gasteiger partial charge in [-0.25, -0.2) is 0 Å². The first kappa shape index (κ1) is 13.9. The highest BCUT2D eigenvalue weighted by atomic mass is 16.5. The molecule has 0 radical (unpaired) electrons. The molecule has 0 aliphatic heterocycles. The van der Waals surface area contributed by atoms with Gasteiger partial charge in [0.2, 0.25) is 0 Å². The van der Waals surface area contributed by atoms with Crippen LogP contribution in [0.4, 0.5) is 0 Å². The Bertz CT molecular complexity index is 364. The number of nitrogens with zero attached hydrogens (tertiary/aromatic N) is 1. The summed E-state index contributed by atoms with van der Waals surface area (Å²) in [6.45, 7) is 7.86. The highest BCUT2D eigenvalue weighted by Crippen LogP contribution is 2.27. The summed E-state index contributed by atoms with van der Waals surface area (Å²) < 4.78 is 11.0. The third-order valence-electron chi connectivity index (χ3n) is 2.74. The second-order valence-corrected chi connectivity index (χ2v) is 4.91. The summed E-state index contributed by atoms with van der Waals surface area (Å²) in [6.07, 6.45) is 3.56. The van der Waals surface area contributed by atoms with Crippen LogP contribution >= 0.6 is 0 Å². The van der Waals surface area contributed by atoms with E-state index in [0.717, 1.165) is 11.3 Å². The van der Waals surface area contributed by atoms with Crippen molar-refractivity contribution >= 4 is 0 Å². The Morgan fingerprint density at radius 3 is 2.47 bits per heavy atom. The average molecular weight is 238 g/mol. The Kier molecular flexibility index (Phi) is 4.48. The maximum Gasteiger partial charge on any atom is 0.138 e. The third-order valence-corrected chi connectivity index (χ3v) is 2.74. The van der Waals surface area contributed by atoms with Crippen molar-refractivity contribution in [2.75, 3.05) is 7.11 Å². The van der Waals surface area contributed by atoms with Crippen LogP contribution in [0.3, 0.4) is 0 Å². The van der Waals surface area contributed by atoms with E-state index in [2.05, 4.69) is 4.98 Å². The van der Waals surface area contributed by atoms with Gasteiger partial charge in [-0.1, -0.05) is 0 Å². The highest BCUT2D eigenvalue weighted by molar-refractivity contribution is 5.27. The summed E-state index contributed by atoms with van der Waals surface area (Å²) in [7, 11) is 1.65. The van der Waals surface area contributed by atoms with Gasteiger partial charge in [0.15, 0.2) is 0 Å². The minimum atomic E-state index is -0.432. The molecule has 1 atom stereocenters. The molecular formula is C13H22N2O2. The fourth-order valence-electron chi connectivity index (χ4n) is 1.47. The summed E-state index contributed by atoms with van der Waals surface area (Å²) in [5.41, 5.74) is 6.64. The van der Waals surface area contributed by atoms with Crippen molar-refractivity contribution in [2.24, 2.45) is 5.73 Å². The van der Waals surface area contributed by atoms with Crippen molar-refractivity contribution in [1.82, 2.24) is 4.98 Å². The summed E-state index contributed by atoms with van der Waals surface area (Å²) >= 11 is 0. The Morgan fingerprint density at radius 2 is 1.94 bits per heavy atom. The van der Waals surface area contributed by atoms with Crippen molar-refractivity contribution < 1.29 is 9.47 Å². The molecule has 1 rings (SSSR count). The third kappa shape index (κ3) is 3.68. The van der Waals surface area contributed by atoms with E-state index in [-0.39, 0.29) is 12.1 Å². The second-order valence-electron chi connectivity index (χ2n) is 4.91. The molecule has 0 spiro atoms. The first-order valence-corrected chi connectivity index (χ1v) is 5.79. The summed E-state index contributed by atoms with van der Waals surface area (Å²) in [6, 6.07) is 1.68. The zero-order valence-corrected chi connectivity index (χ0v) is 11.2. The molecule has 1 aromatic rings. The molecule has 2 N–H and O–H groups in total. The molecule has 0 saturated carbocycles. The first-order valence-electron chi connectivity index (χ1n) is 5.79. The lowest BCUT2D eigenvalue weighted by molar-refractivity contribution is -0.000173. The van der Waals surface area contributed by atoms with Crippen LogP contribution in [0.2, 0.25) is 0 Å². The molecule has 17 heavy (non-hydrogen) atoms. The van der Waals surface area contributed by atoms with Gasteiger partial charge in [-0.15, -0.1) is 0 Å². The van der Waals surface area contributed by atoms with E-state index in [4.69, 9.17) is 15.2 Å². The average Bonchev–Trinajstić information content (AvgIpc) is 2.27. The van der Waals surface area contributed by atoms with Crippen LogP contribution in [0.25, 0.3) is 0 Å². The van der Waals surface area contributed by atoms with Crippen LogP contribution in [0.15, 0.2) is 18.5 Å². The molecule has 96 valence electrons. The van der Waals surface area contributed by atoms with Gasteiger partial charge in [0, 0.05) is 13.3 Å². The minimum Gasteiger partial charge on any atom is -0.489 e. The molecule has 0 amide bonds. The maximum atomic E-state index is 6.16. The van der Waals surface area contributed by atoms with E-state index in [9.17, 15) is 0 Å². The topological polar surface area (TPSA) is 57.4 Å². The largest absolute Gasteiger partial charge is 0.489 e. The predicted molar refractivity (Wildman–Crippen MR) is 68.0 cm³/mol. The maximum absolute atomic E-state index is 6.16. The molecule has 0 aromatic carbocycles. The molecule has 4 nitrogen and oxygen atoms in total. The summed E-state index contributed by atoms with van der Waals surface area (Å²) in [5.74, 6) is 0.736. The number of hydrogen-bond acceptors (Lipinski definition) is 4. The normalized spacial score (nSPS) is 13.8. The van der Waals surface area contributed by atoms with Crippen LogP contribution < -0.4 is 10.5 Å². The van der Waals surface area contributed by atoms with Gasteiger partial charge in [0.25, 0.3) is 0 Å². The van der Waals surface area contributed by atoms with Gasteiger partial charge in [0.05, 0.1) is 23.9 Å². The van der Waals surface area contributed by atoms with Crippen LogP contribution in [0.1, 0.15) is 39.3 Å². The number of hydrogen-bond donors (Lipinski definition) is 1. The van der Waals surface area contributed by atoms with Gasteiger partial charge >= 0.3 is 0 Å². The fraction of sp³-hybridized carbons (Fsp3) is 0.615. The number of nitrogens with two attached hydrogens (primary N) is 1. The van der Waals surface area contributed by atoms with Crippen molar-refractivity contribution in [3.63, 3.8) is 0 Å². The quantitative estimate of drug-likeness (QED) is 0.855. The molecule has 4 heteroatoms. The number of methoxy groups -OCH3 is 1. The van der Waals surface area contributed by atoms with E-state index in [1.807, 2.05) is 33.8 Å². The minimum absolute atomic E-state index is 0.124. The fourth-order valence-corrected chi connectivity index (χ4v) is 1.47. The van der Waals surface area contributed by atoms with E-state index in [0.29, 0.717) is 0 Å². The monoisotopic (exact) mass is 238 g/mol. The SMILES string of the molecule is COC(C)(C)C(N)c1cncc(OC(C)C)c1. The lowest BCUT2D eigenvalue weighted by Crippen LogP contribution is -2.37. The van der Waals surface area contributed by atoms with E-state index in [1.54, 1.807) is 19.5 Å². The first-order chi connectivity index (χ1) is 7.86. The van der Waals surface area contributed by atoms with Crippen LogP contribution in [0, 0.1) is 0 Å². The number of rotatable bonds is 5. The zero-order valence-electron chi connectivity index (χ0n) is 11.2. The van der Waals surface area contributed by atoms with Crippen molar-refractivity contribution in [2.45, 2.75) is 45.4 Å². The van der Waals surface area contributed by atoms with Gasteiger partial charge in [-0.2, -0.15) is 0 Å². The van der Waals surface area contributed by atoms with Crippen molar-refractivity contribution in [3.8, 4) is 5.75 Å². The molecule has 0 saturated heterocycles. The Morgan fingerprint density at radius 1 is 1.29 bits per heavy atom. The molecule has 1 heterocycles. The molecule has 0 fully saturated rings. The number of ether oxygens (including phenoxy) is 2. The molecule has 1 aromatic heterocycles. The van der Waals surface area contributed by atoms with Gasteiger partial charge in [-0.05, 0) is 39.3 Å². The Balaban J connectivity index is 2.91. The van der Waals surface area contributed by atoms with Gasteiger partial charge in [0.1, 0.15) is 5.75 Å². The lowest BCUT2D eigenvalue weighted by Gasteiger charge is -2.30.